The van der Waals surface area contributed by atoms with E-state index in [2.05, 4.69) is 15.0 Å². The molecule has 0 spiro atoms. The summed E-state index contributed by atoms with van der Waals surface area (Å²) in [6, 6.07) is 0. The molecule has 4 heteroatoms. The Hall–Kier alpha value is -1.58. The first-order valence-electron chi connectivity index (χ1n) is 3.64. The second-order valence-corrected chi connectivity index (χ2v) is 2.43. The summed E-state index contributed by atoms with van der Waals surface area (Å²) in [6.07, 6.45) is 5.26. The molecule has 3 N–H and O–H groups in total. The summed E-state index contributed by atoms with van der Waals surface area (Å²) in [5.41, 5.74) is 6.48. The monoisotopic (exact) mass is 164 g/mol. The van der Waals surface area contributed by atoms with Crippen LogP contribution in [0.1, 0.15) is 11.5 Å². The van der Waals surface area contributed by atoms with Crippen molar-refractivity contribution in [1.29, 1.82) is 0 Å². The average Bonchev–Trinajstić information content (AvgIpc) is 2.47. The fraction of sp³-hybridized carbons (Fsp3) is 0.250. The third-order valence-corrected chi connectivity index (χ3v) is 1.39. The Kier molecular flexibility index (Phi) is 2.63. The zero-order chi connectivity index (χ0) is 8.97. The number of hydrogen-bond acceptors (Lipinski definition) is 2. The van der Waals surface area contributed by atoms with Gasteiger partial charge in [0.05, 0.1) is 0 Å². The molecule has 1 rings (SSSR count). The number of nitrogens with zero attached hydrogens (tertiary/aromatic N) is 2. The Balaban J connectivity index is 2.69. The van der Waals surface area contributed by atoms with E-state index in [1.807, 2.05) is 6.92 Å². The number of imidazole rings is 1. The number of aromatic amines is 1. The normalized spacial score (nSPS) is 12.7. The highest BCUT2D eigenvalue weighted by Gasteiger charge is 1.90. The lowest BCUT2D eigenvalue weighted by Crippen LogP contribution is -2.06. The molecule has 0 saturated heterocycles. The highest BCUT2D eigenvalue weighted by Crippen LogP contribution is 1.96. The molecule has 12 heavy (non-hydrogen) atoms. The highest BCUT2D eigenvalue weighted by atomic mass is 14.9. The molecule has 0 radical (unpaired) electrons. The molecule has 0 aliphatic rings. The zero-order valence-electron chi connectivity index (χ0n) is 7.20. The first-order chi connectivity index (χ1) is 5.72. The Morgan fingerprint density at radius 2 is 2.50 bits per heavy atom. The summed E-state index contributed by atoms with van der Waals surface area (Å²) in [5, 5.41) is 0. The number of aliphatic imine (C=N–C) groups is 1. The largest absolute Gasteiger partial charge is 0.384 e. The van der Waals surface area contributed by atoms with E-state index < -0.39 is 0 Å². The minimum absolute atomic E-state index is 0.490. The second kappa shape index (κ2) is 3.71. The molecule has 0 saturated carbocycles. The van der Waals surface area contributed by atoms with Gasteiger partial charge < -0.3 is 10.7 Å². The Labute approximate surface area is 71.2 Å². The Morgan fingerprint density at radius 3 is 3.00 bits per heavy atom. The van der Waals surface area contributed by atoms with Crippen LogP contribution in [-0.2, 0) is 0 Å². The fourth-order valence-corrected chi connectivity index (χ4v) is 0.756. The van der Waals surface area contributed by atoms with E-state index in [0.717, 1.165) is 11.5 Å². The van der Waals surface area contributed by atoms with Gasteiger partial charge >= 0.3 is 0 Å². The van der Waals surface area contributed by atoms with Crippen molar-refractivity contribution in [3.8, 4) is 0 Å². The summed E-state index contributed by atoms with van der Waals surface area (Å²) in [4.78, 5) is 10.9. The maximum atomic E-state index is 5.45. The number of H-pyrrole nitrogens is 1. The summed E-state index contributed by atoms with van der Waals surface area (Å²) in [7, 11) is 1.65. The number of nitrogens with one attached hydrogen (secondary N) is 1. The molecule has 64 valence electrons. The third kappa shape index (κ3) is 2.23. The minimum atomic E-state index is 0.490. The summed E-state index contributed by atoms with van der Waals surface area (Å²) < 4.78 is 0. The topological polar surface area (TPSA) is 67.1 Å². The van der Waals surface area contributed by atoms with Gasteiger partial charge in [0, 0.05) is 18.9 Å². The van der Waals surface area contributed by atoms with Crippen molar-refractivity contribution in [2.45, 2.75) is 6.92 Å². The van der Waals surface area contributed by atoms with Crippen LogP contribution in [0.4, 0.5) is 0 Å². The highest BCUT2D eigenvalue weighted by molar-refractivity contribution is 5.94. The first-order valence-corrected chi connectivity index (χ1v) is 3.64. The van der Waals surface area contributed by atoms with E-state index in [9.17, 15) is 0 Å². The predicted octanol–water partition coefficient (Wildman–Crippen LogP) is 0.718. The maximum absolute atomic E-state index is 5.45. The Bertz CT molecular complexity index is 309. The van der Waals surface area contributed by atoms with Crippen molar-refractivity contribution in [2.75, 3.05) is 7.05 Å². The van der Waals surface area contributed by atoms with Crippen molar-refractivity contribution in [3.05, 3.63) is 23.8 Å². The predicted molar refractivity (Wildman–Crippen MR) is 49.9 cm³/mol. The van der Waals surface area contributed by atoms with E-state index in [-0.39, 0.29) is 0 Å². The van der Waals surface area contributed by atoms with E-state index in [1.54, 1.807) is 25.4 Å². The number of nitrogens with two attached hydrogens (primary N) is 1. The Morgan fingerprint density at radius 1 is 1.75 bits per heavy atom. The lowest BCUT2D eigenvalue weighted by Gasteiger charge is -1.86. The van der Waals surface area contributed by atoms with Crippen LogP contribution >= 0.6 is 0 Å². The summed E-state index contributed by atoms with van der Waals surface area (Å²) in [5.74, 6) is 1.28. The molecule has 0 aliphatic heterocycles. The number of aryl methyl sites for hydroxylation is 1. The number of aromatic nitrogens is 2. The summed E-state index contributed by atoms with van der Waals surface area (Å²) >= 11 is 0. The second-order valence-electron chi connectivity index (χ2n) is 2.43. The van der Waals surface area contributed by atoms with Gasteiger partial charge in [-0.15, -0.1) is 0 Å². The molecule has 1 aromatic heterocycles. The van der Waals surface area contributed by atoms with Gasteiger partial charge in [-0.3, -0.25) is 4.99 Å². The maximum Gasteiger partial charge on any atom is 0.130 e. The number of hydrogen-bond donors (Lipinski definition) is 2. The van der Waals surface area contributed by atoms with Gasteiger partial charge in [-0.2, -0.15) is 0 Å². The van der Waals surface area contributed by atoms with Crippen molar-refractivity contribution < 1.29 is 0 Å². The van der Waals surface area contributed by atoms with Gasteiger partial charge in [0.2, 0.25) is 0 Å². The SMILES string of the molecule is CN=C(N)/C=C\c1ncc(C)[nH]1. The van der Waals surface area contributed by atoms with Crippen LogP contribution in [-0.4, -0.2) is 22.9 Å². The molecule has 0 aromatic carbocycles. The van der Waals surface area contributed by atoms with Gasteiger partial charge in [-0.25, -0.2) is 4.98 Å². The number of amidine groups is 1. The van der Waals surface area contributed by atoms with Crippen molar-refractivity contribution in [3.63, 3.8) is 0 Å². The van der Waals surface area contributed by atoms with Crippen LogP contribution in [0.15, 0.2) is 17.3 Å². The molecule has 0 amide bonds. The van der Waals surface area contributed by atoms with Crippen LogP contribution < -0.4 is 5.73 Å². The molecular formula is C8H12N4. The molecular weight excluding hydrogens is 152 g/mol. The van der Waals surface area contributed by atoms with Crippen LogP contribution in [0, 0.1) is 6.92 Å². The van der Waals surface area contributed by atoms with Crippen LogP contribution in [0.25, 0.3) is 6.08 Å². The van der Waals surface area contributed by atoms with Gasteiger partial charge in [0.1, 0.15) is 11.7 Å². The molecule has 4 nitrogen and oxygen atoms in total. The van der Waals surface area contributed by atoms with Gasteiger partial charge in [-0.05, 0) is 19.1 Å². The molecule has 0 aliphatic carbocycles. The van der Waals surface area contributed by atoms with Crippen molar-refractivity contribution >= 4 is 11.9 Å². The lowest BCUT2D eigenvalue weighted by atomic mass is 10.4. The summed E-state index contributed by atoms with van der Waals surface area (Å²) in [6.45, 7) is 1.95. The fourth-order valence-electron chi connectivity index (χ4n) is 0.756. The molecule has 0 atom stereocenters. The zero-order valence-corrected chi connectivity index (χ0v) is 7.20. The molecule has 0 fully saturated rings. The van der Waals surface area contributed by atoms with E-state index in [4.69, 9.17) is 5.73 Å². The van der Waals surface area contributed by atoms with Crippen LogP contribution in [0.2, 0.25) is 0 Å². The van der Waals surface area contributed by atoms with Crippen LogP contribution in [0.5, 0.6) is 0 Å². The van der Waals surface area contributed by atoms with E-state index in [1.165, 1.54) is 0 Å². The van der Waals surface area contributed by atoms with Crippen molar-refractivity contribution in [2.24, 2.45) is 10.7 Å². The smallest absolute Gasteiger partial charge is 0.130 e. The molecule has 1 aromatic rings. The van der Waals surface area contributed by atoms with Crippen molar-refractivity contribution in [1.82, 2.24) is 9.97 Å². The van der Waals surface area contributed by atoms with Gasteiger partial charge in [-0.1, -0.05) is 0 Å². The van der Waals surface area contributed by atoms with Crippen LogP contribution in [0.3, 0.4) is 0 Å². The first kappa shape index (κ1) is 8.52. The van der Waals surface area contributed by atoms with Gasteiger partial charge in [0.25, 0.3) is 0 Å². The average molecular weight is 164 g/mol. The quantitative estimate of drug-likeness (QED) is 0.499. The van der Waals surface area contributed by atoms with E-state index in [0.29, 0.717) is 5.84 Å². The molecule has 1 heterocycles. The number of rotatable bonds is 2. The third-order valence-electron chi connectivity index (χ3n) is 1.39. The standard InChI is InChI=1S/C8H12N4/c1-6-5-11-8(12-6)4-3-7(9)10-2/h3-5H,1-2H3,(H2,9,10)(H,11,12)/b4-3-. The molecule has 0 unspecified atom stereocenters. The minimum Gasteiger partial charge on any atom is -0.384 e. The van der Waals surface area contributed by atoms with E-state index >= 15 is 0 Å². The van der Waals surface area contributed by atoms with Gasteiger partial charge in [0.15, 0.2) is 0 Å². The lowest BCUT2D eigenvalue weighted by molar-refractivity contribution is 1.22. The molecule has 0 bridgehead atoms.